The lowest BCUT2D eigenvalue weighted by molar-refractivity contribution is -0.182. The SMILES string of the molecule is C[C@@H](Oc1ccccc1)C(=O)N[C@@H]1CCCC2(C1)OCCO2. The Hall–Kier alpha value is -1.59. The number of ether oxygens (including phenoxy) is 3. The number of hydrogen-bond donors (Lipinski definition) is 1. The number of amides is 1. The van der Waals surface area contributed by atoms with Crippen LogP contribution in [0.2, 0.25) is 0 Å². The second-order valence-corrected chi connectivity index (χ2v) is 5.98. The highest BCUT2D eigenvalue weighted by molar-refractivity contribution is 5.81. The van der Waals surface area contributed by atoms with E-state index in [0.717, 1.165) is 25.7 Å². The number of para-hydroxylation sites is 1. The van der Waals surface area contributed by atoms with Crippen LogP contribution in [0.15, 0.2) is 30.3 Å². The lowest BCUT2D eigenvalue weighted by atomic mass is 9.89. The topological polar surface area (TPSA) is 56.8 Å². The minimum atomic E-state index is -0.523. The zero-order valence-corrected chi connectivity index (χ0v) is 12.9. The van der Waals surface area contributed by atoms with E-state index in [4.69, 9.17) is 14.2 Å². The molecule has 0 bridgehead atoms. The molecule has 120 valence electrons. The molecule has 1 aliphatic heterocycles. The maximum atomic E-state index is 12.3. The summed E-state index contributed by atoms with van der Waals surface area (Å²) in [6.07, 6.45) is 3.06. The van der Waals surface area contributed by atoms with Gasteiger partial charge in [-0.05, 0) is 31.9 Å². The average Bonchev–Trinajstić information content (AvgIpc) is 2.96. The van der Waals surface area contributed by atoms with Crippen LogP contribution in [0.4, 0.5) is 0 Å². The van der Waals surface area contributed by atoms with Crippen LogP contribution in [-0.2, 0) is 14.3 Å². The van der Waals surface area contributed by atoms with Gasteiger partial charge in [0.1, 0.15) is 5.75 Å². The third kappa shape index (κ3) is 3.59. The summed E-state index contributed by atoms with van der Waals surface area (Å²) >= 11 is 0. The van der Waals surface area contributed by atoms with Gasteiger partial charge in [0.25, 0.3) is 5.91 Å². The van der Waals surface area contributed by atoms with E-state index in [2.05, 4.69) is 5.32 Å². The van der Waals surface area contributed by atoms with Gasteiger partial charge < -0.3 is 19.5 Å². The number of hydrogen-bond acceptors (Lipinski definition) is 4. The molecule has 1 heterocycles. The number of carbonyl (C=O) groups is 1. The smallest absolute Gasteiger partial charge is 0.260 e. The Balaban J connectivity index is 1.52. The molecular formula is C17H23NO4. The second kappa shape index (κ2) is 6.67. The molecule has 0 radical (unpaired) electrons. The summed E-state index contributed by atoms with van der Waals surface area (Å²) in [7, 11) is 0. The van der Waals surface area contributed by atoms with Gasteiger partial charge in [0.05, 0.1) is 13.2 Å². The summed E-state index contributed by atoms with van der Waals surface area (Å²) in [5, 5.41) is 3.07. The van der Waals surface area contributed by atoms with E-state index < -0.39 is 11.9 Å². The molecule has 1 N–H and O–H groups in total. The van der Waals surface area contributed by atoms with Crippen LogP contribution in [0, 0.1) is 0 Å². The average molecular weight is 305 g/mol. The van der Waals surface area contributed by atoms with Crippen LogP contribution in [-0.4, -0.2) is 37.1 Å². The summed E-state index contributed by atoms with van der Waals surface area (Å²) in [4.78, 5) is 12.3. The Labute approximate surface area is 130 Å². The molecule has 1 aromatic carbocycles. The van der Waals surface area contributed by atoms with Crippen molar-refractivity contribution in [2.75, 3.05) is 13.2 Å². The van der Waals surface area contributed by atoms with Gasteiger partial charge in [0.2, 0.25) is 0 Å². The highest BCUT2D eigenvalue weighted by atomic mass is 16.7. The van der Waals surface area contributed by atoms with Gasteiger partial charge in [-0.1, -0.05) is 18.2 Å². The number of nitrogens with one attached hydrogen (secondary N) is 1. The van der Waals surface area contributed by atoms with E-state index in [0.29, 0.717) is 19.0 Å². The van der Waals surface area contributed by atoms with Crippen molar-refractivity contribution in [1.82, 2.24) is 5.32 Å². The Morgan fingerprint density at radius 2 is 2.05 bits per heavy atom. The van der Waals surface area contributed by atoms with Crippen molar-refractivity contribution in [3.8, 4) is 5.75 Å². The van der Waals surface area contributed by atoms with Crippen molar-refractivity contribution in [2.24, 2.45) is 0 Å². The van der Waals surface area contributed by atoms with Gasteiger partial charge in [-0.2, -0.15) is 0 Å². The van der Waals surface area contributed by atoms with Crippen LogP contribution in [0.25, 0.3) is 0 Å². The summed E-state index contributed by atoms with van der Waals surface area (Å²) in [6, 6.07) is 9.47. The highest BCUT2D eigenvalue weighted by Crippen LogP contribution is 2.35. The van der Waals surface area contributed by atoms with E-state index in [1.54, 1.807) is 6.92 Å². The molecule has 5 nitrogen and oxygen atoms in total. The fraction of sp³-hybridized carbons (Fsp3) is 0.588. The van der Waals surface area contributed by atoms with Gasteiger partial charge in [-0.15, -0.1) is 0 Å². The Morgan fingerprint density at radius 1 is 1.32 bits per heavy atom. The molecule has 1 spiro atoms. The normalized spacial score (nSPS) is 24.9. The molecule has 1 saturated heterocycles. The molecule has 2 aliphatic rings. The minimum Gasteiger partial charge on any atom is -0.481 e. The van der Waals surface area contributed by atoms with Crippen molar-refractivity contribution >= 4 is 5.91 Å². The van der Waals surface area contributed by atoms with E-state index in [1.165, 1.54) is 0 Å². The predicted molar refractivity (Wildman–Crippen MR) is 81.6 cm³/mol. The van der Waals surface area contributed by atoms with Crippen molar-refractivity contribution in [3.05, 3.63) is 30.3 Å². The predicted octanol–water partition coefficient (Wildman–Crippen LogP) is 2.26. The Kier molecular flexibility index (Phi) is 4.64. The summed E-state index contributed by atoms with van der Waals surface area (Å²) < 4.78 is 17.1. The number of benzene rings is 1. The number of carbonyl (C=O) groups excluding carboxylic acids is 1. The van der Waals surface area contributed by atoms with Crippen molar-refractivity contribution in [3.63, 3.8) is 0 Å². The third-order valence-corrected chi connectivity index (χ3v) is 4.25. The maximum absolute atomic E-state index is 12.3. The van der Waals surface area contributed by atoms with Gasteiger partial charge in [-0.25, -0.2) is 0 Å². The van der Waals surface area contributed by atoms with Gasteiger partial charge in [0, 0.05) is 18.9 Å². The molecule has 1 aromatic rings. The molecule has 1 amide bonds. The minimum absolute atomic E-state index is 0.0844. The molecule has 3 rings (SSSR count). The molecule has 22 heavy (non-hydrogen) atoms. The van der Waals surface area contributed by atoms with Crippen molar-refractivity contribution < 1.29 is 19.0 Å². The zero-order valence-electron chi connectivity index (χ0n) is 12.9. The quantitative estimate of drug-likeness (QED) is 0.927. The van der Waals surface area contributed by atoms with Crippen LogP contribution in [0.3, 0.4) is 0 Å². The number of rotatable bonds is 4. The molecule has 0 aromatic heterocycles. The lowest BCUT2D eigenvalue weighted by Crippen LogP contribution is -2.49. The Bertz CT molecular complexity index is 499. The third-order valence-electron chi connectivity index (χ3n) is 4.25. The second-order valence-electron chi connectivity index (χ2n) is 5.98. The summed E-state index contributed by atoms with van der Waals surface area (Å²) in [6.45, 7) is 3.06. The molecule has 0 unspecified atom stereocenters. The largest absolute Gasteiger partial charge is 0.481 e. The van der Waals surface area contributed by atoms with Crippen LogP contribution < -0.4 is 10.1 Å². The monoisotopic (exact) mass is 305 g/mol. The fourth-order valence-corrected chi connectivity index (χ4v) is 3.15. The molecule has 5 heteroatoms. The first-order chi connectivity index (χ1) is 10.7. The summed E-state index contributed by atoms with van der Waals surface area (Å²) in [5.74, 6) is 0.135. The first kappa shape index (κ1) is 15.3. The van der Waals surface area contributed by atoms with E-state index >= 15 is 0 Å². The van der Waals surface area contributed by atoms with E-state index in [-0.39, 0.29) is 11.9 Å². The zero-order chi connectivity index (χ0) is 15.4. The lowest BCUT2D eigenvalue weighted by Gasteiger charge is -2.36. The molecule has 1 saturated carbocycles. The molecular weight excluding hydrogens is 282 g/mol. The first-order valence-corrected chi connectivity index (χ1v) is 7.97. The highest BCUT2D eigenvalue weighted by Gasteiger charge is 2.42. The summed E-state index contributed by atoms with van der Waals surface area (Å²) in [5.41, 5.74) is 0. The Morgan fingerprint density at radius 3 is 2.77 bits per heavy atom. The van der Waals surface area contributed by atoms with Gasteiger partial charge >= 0.3 is 0 Å². The molecule has 2 fully saturated rings. The molecule has 1 aliphatic carbocycles. The van der Waals surface area contributed by atoms with Gasteiger partial charge in [0.15, 0.2) is 11.9 Å². The van der Waals surface area contributed by atoms with Crippen LogP contribution in [0.5, 0.6) is 5.75 Å². The standard InChI is InChI=1S/C17H23NO4/c1-13(22-15-7-3-2-4-8-15)16(19)18-14-6-5-9-17(12-14)20-10-11-21-17/h2-4,7-8,13-14H,5-6,9-12H2,1H3,(H,18,19)/t13-,14-/m1/s1. The van der Waals surface area contributed by atoms with Crippen molar-refractivity contribution in [2.45, 2.75) is 50.5 Å². The van der Waals surface area contributed by atoms with E-state index in [1.807, 2.05) is 30.3 Å². The fourth-order valence-electron chi connectivity index (χ4n) is 3.15. The van der Waals surface area contributed by atoms with Crippen molar-refractivity contribution in [1.29, 1.82) is 0 Å². The van der Waals surface area contributed by atoms with Crippen LogP contribution in [0.1, 0.15) is 32.6 Å². The molecule has 2 atom stereocenters. The van der Waals surface area contributed by atoms with Crippen LogP contribution >= 0.6 is 0 Å². The van der Waals surface area contributed by atoms with Gasteiger partial charge in [-0.3, -0.25) is 4.79 Å². The van der Waals surface area contributed by atoms with E-state index in [9.17, 15) is 4.79 Å². The first-order valence-electron chi connectivity index (χ1n) is 7.97. The maximum Gasteiger partial charge on any atom is 0.260 e.